The third kappa shape index (κ3) is 4.44. The summed E-state index contributed by atoms with van der Waals surface area (Å²) in [6.07, 6.45) is 0. The predicted molar refractivity (Wildman–Crippen MR) is 99.8 cm³/mol. The van der Waals surface area contributed by atoms with Crippen LogP contribution in [0.4, 0.5) is 0 Å². The molecule has 0 bridgehead atoms. The molecular formula is C20H21N3O4. The molecule has 7 nitrogen and oxygen atoms in total. The van der Waals surface area contributed by atoms with Crippen LogP contribution in [0.2, 0.25) is 0 Å². The van der Waals surface area contributed by atoms with Crippen molar-refractivity contribution in [3.05, 3.63) is 59.5 Å². The number of carbonyl (C=O) groups excluding carboxylic acids is 1. The lowest BCUT2D eigenvalue weighted by molar-refractivity contribution is 0.0946. The Kier molecular flexibility index (Phi) is 5.71. The average molecular weight is 367 g/mol. The van der Waals surface area contributed by atoms with Crippen LogP contribution in [-0.2, 0) is 6.54 Å². The van der Waals surface area contributed by atoms with Gasteiger partial charge in [-0.15, -0.1) is 0 Å². The van der Waals surface area contributed by atoms with E-state index in [-0.39, 0.29) is 12.5 Å². The van der Waals surface area contributed by atoms with E-state index < -0.39 is 0 Å². The second-order valence-electron chi connectivity index (χ2n) is 5.84. The summed E-state index contributed by atoms with van der Waals surface area (Å²) in [7, 11) is 1.60. The number of benzene rings is 2. The summed E-state index contributed by atoms with van der Waals surface area (Å²) in [6, 6.07) is 12.7. The van der Waals surface area contributed by atoms with Gasteiger partial charge in [-0.25, -0.2) is 0 Å². The largest absolute Gasteiger partial charge is 0.496 e. The van der Waals surface area contributed by atoms with Gasteiger partial charge in [-0.1, -0.05) is 5.16 Å². The Morgan fingerprint density at radius 1 is 1.19 bits per heavy atom. The molecule has 2 aromatic carbocycles. The standard InChI is InChI=1S/C20H21N3O4/c1-4-26-16-8-5-14(6-9-16)19-22-18(27-23-19)12-21-20(24)15-7-10-17(25-3)13(2)11-15/h5-11H,4,12H2,1-3H3,(H,21,24). The lowest BCUT2D eigenvalue weighted by Gasteiger charge is -2.07. The lowest BCUT2D eigenvalue weighted by Crippen LogP contribution is -2.23. The smallest absolute Gasteiger partial charge is 0.251 e. The first kappa shape index (κ1) is 18.4. The van der Waals surface area contributed by atoms with Gasteiger partial charge in [0.25, 0.3) is 5.91 Å². The number of nitrogens with one attached hydrogen (secondary N) is 1. The quantitative estimate of drug-likeness (QED) is 0.689. The minimum atomic E-state index is -0.221. The molecule has 0 aliphatic heterocycles. The van der Waals surface area contributed by atoms with Crippen LogP contribution >= 0.6 is 0 Å². The van der Waals surface area contributed by atoms with E-state index in [1.165, 1.54) is 0 Å². The maximum absolute atomic E-state index is 12.3. The van der Waals surface area contributed by atoms with Gasteiger partial charge < -0.3 is 19.3 Å². The molecule has 0 aliphatic rings. The van der Waals surface area contributed by atoms with Gasteiger partial charge in [-0.3, -0.25) is 4.79 Å². The highest BCUT2D eigenvalue weighted by Crippen LogP contribution is 2.20. The monoisotopic (exact) mass is 367 g/mol. The van der Waals surface area contributed by atoms with Crippen LogP contribution in [0.1, 0.15) is 28.7 Å². The summed E-state index contributed by atoms with van der Waals surface area (Å²) in [5.74, 6) is 2.09. The average Bonchev–Trinajstić information content (AvgIpc) is 3.16. The van der Waals surface area contributed by atoms with Crippen LogP contribution in [0.15, 0.2) is 47.0 Å². The number of aryl methyl sites for hydroxylation is 1. The highest BCUT2D eigenvalue weighted by atomic mass is 16.5. The first-order valence-electron chi connectivity index (χ1n) is 8.59. The van der Waals surface area contributed by atoms with E-state index in [9.17, 15) is 4.79 Å². The van der Waals surface area contributed by atoms with Crippen molar-refractivity contribution in [1.29, 1.82) is 0 Å². The van der Waals surface area contributed by atoms with Crippen LogP contribution in [0.25, 0.3) is 11.4 Å². The van der Waals surface area contributed by atoms with Crippen molar-refractivity contribution >= 4 is 5.91 Å². The van der Waals surface area contributed by atoms with Crippen molar-refractivity contribution in [3.8, 4) is 22.9 Å². The number of aromatic nitrogens is 2. The normalized spacial score (nSPS) is 10.5. The zero-order valence-electron chi connectivity index (χ0n) is 15.5. The Hall–Kier alpha value is -3.35. The topological polar surface area (TPSA) is 86.5 Å². The number of amides is 1. The van der Waals surface area contributed by atoms with Crippen molar-refractivity contribution in [2.24, 2.45) is 0 Å². The molecule has 1 heterocycles. The third-order valence-corrected chi connectivity index (χ3v) is 3.95. The fourth-order valence-electron chi connectivity index (χ4n) is 2.59. The fourth-order valence-corrected chi connectivity index (χ4v) is 2.59. The van der Waals surface area contributed by atoms with Crippen LogP contribution in [-0.4, -0.2) is 29.8 Å². The molecule has 0 unspecified atom stereocenters. The molecule has 0 atom stereocenters. The zero-order valence-corrected chi connectivity index (χ0v) is 15.5. The number of hydrogen-bond donors (Lipinski definition) is 1. The van der Waals surface area contributed by atoms with E-state index in [4.69, 9.17) is 14.0 Å². The van der Waals surface area contributed by atoms with Crippen molar-refractivity contribution in [3.63, 3.8) is 0 Å². The molecule has 1 N–H and O–H groups in total. The van der Waals surface area contributed by atoms with E-state index in [1.807, 2.05) is 38.1 Å². The molecule has 0 saturated heterocycles. The number of nitrogens with zero attached hydrogens (tertiary/aromatic N) is 2. The SMILES string of the molecule is CCOc1ccc(-c2noc(CNC(=O)c3ccc(OC)c(C)c3)n2)cc1. The van der Waals surface area contributed by atoms with Gasteiger partial charge in [-0.2, -0.15) is 4.98 Å². The van der Waals surface area contributed by atoms with E-state index in [0.717, 1.165) is 22.6 Å². The molecule has 3 rings (SSSR count). The van der Waals surface area contributed by atoms with Crippen molar-refractivity contribution in [2.75, 3.05) is 13.7 Å². The second-order valence-corrected chi connectivity index (χ2v) is 5.84. The number of rotatable bonds is 7. The molecule has 1 amide bonds. The van der Waals surface area contributed by atoms with Crippen molar-refractivity contribution in [2.45, 2.75) is 20.4 Å². The Balaban J connectivity index is 1.62. The predicted octanol–water partition coefficient (Wildman–Crippen LogP) is 3.38. The Morgan fingerprint density at radius 3 is 2.63 bits per heavy atom. The van der Waals surface area contributed by atoms with Gasteiger partial charge in [0.1, 0.15) is 11.5 Å². The highest BCUT2D eigenvalue weighted by molar-refractivity contribution is 5.94. The maximum Gasteiger partial charge on any atom is 0.251 e. The molecule has 0 spiro atoms. The lowest BCUT2D eigenvalue weighted by atomic mass is 10.1. The molecule has 0 fully saturated rings. The summed E-state index contributed by atoms with van der Waals surface area (Å²) < 4.78 is 15.8. The summed E-state index contributed by atoms with van der Waals surface area (Å²) >= 11 is 0. The second kappa shape index (κ2) is 8.35. The molecule has 140 valence electrons. The summed E-state index contributed by atoms with van der Waals surface area (Å²) in [5, 5.41) is 6.73. The number of methoxy groups -OCH3 is 1. The van der Waals surface area contributed by atoms with Crippen LogP contribution < -0.4 is 14.8 Å². The molecule has 1 aromatic heterocycles. The fraction of sp³-hybridized carbons (Fsp3) is 0.250. The Bertz CT molecular complexity index is 919. The molecule has 0 saturated carbocycles. The van der Waals surface area contributed by atoms with Gasteiger partial charge in [0, 0.05) is 11.1 Å². The number of carbonyl (C=O) groups is 1. The molecule has 3 aromatic rings. The molecule has 7 heteroatoms. The highest BCUT2D eigenvalue weighted by Gasteiger charge is 2.12. The van der Waals surface area contributed by atoms with Gasteiger partial charge in [-0.05, 0) is 61.9 Å². The first-order valence-corrected chi connectivity index (χ1v) is 8.59. The minimum absolute atomic E-state index is 0.147. The zero-order chi connectivity index (χ0) is 19.2. The van der Waals surface area contributed by atoms with Gasteiger partial charge >= 0.3 is 0 Å². The number of ether oxygens (including phenoxy) is 2. The third-order valence-electron chi connectivity index (χ3n) is 3.95. The summed E-state index contributed by atoms with van der Waals surface area (Å²) in [6.45, 7) is 4.57. The van der Waals surface area contributed by atoms with Gasteiger partial charge in [0.2, 0.25) is 11.7 Å². The Morgan fingerprint density at radius 2 is 1.96 bits per heavy atom. The van der Waals surface area contributed by atoms with Gasteiger partial charge in [0.05, 0.1) is 20.3 Å². The van der Waals surface area contributed by atoms with E-state index in [0.29, 0.717) is 23.9 Å². The van der Waals surface area contributed by atoms with E-state index >= 15 is 0 Å². The minimum Gasteiger partial charge on any atom is -0.496 e. The van der Waals surface area contributed by atoms with Crippen LogP contribution in [0.3, 0.4) is 0 Å². The Labute approximate surface area is 157 Å². The molecule has 27 heavy (non-hydrogen) atoms. The first-order chi connectivity index (χ1) is 13.1. The van der Waals surface area contributed by atoms with Crippen LogP contribution in [0.5, 0.6) is 11.5 Å². The molecule has 0 radical (unpaired) electrons. The maximum atomic E-state index is 12.3. The van der Waals surface area contributed by atoms with E-state index in [2.05, 4.69) is 15.5 Å². The van der Waals surface area contributed by atoms with Crippen LogP contribution in [0, 0.1) is 6.92 Å². The van der Waals surface area contributed by atoms with E-state index in [1.54, 1.807) is 25.3 Å². The molecule has 0 aliphatic carbocycles. The van der Waals surface area contributed by atoms with Crippen molar-refractivity contribution in [1.82, 2.24) is 15.5 Å². The van der Waals surface area contributed by atoms with Gasteiger partial charge in [0.15, 0.2) is 0 Å². The summed E-state index contributed by atoms with van der Waals surface area (Å²) in [5.41, 5.74) is 2.24. The molecular weight excluding hydrogens is 346 g/mol. The summed E-state index contributed by atoms with van der Waals surface area (Å²) in [4.78, 5) is 16.6. The van der Waals surface area contributed by atoms with Crippen molar-refractivity contribution < 1.29 is 18.8 Å². The number of hydrogen-bond acceptors (Lipinski definition) is 6.